The van der Waals surface area contributed by atoms with E-state index in [2.05, 4.69) is 16.0 Å². The first-order valence-electron chi connectivity index (χ1n) is 7.37. The summed E-state index contributed by atoms with van der Waals surface area (Å²) in [6, 6.07) is 15.3. The zero-order valence-corrected chi connectivity index (χ0v) is 13.8. The Balaban J connectivity index is 1.72. The highest BCUT2D eigenvalue weighted by Gasteiger charge is 2.09. The molecule has 2 aromatic rings. The molecule has 0 aliphatic carbocycles. The fourth-order valence-electron chi connectivity index (χ4n) is 2.02. The summed E-state index contributed by atoms with van der Waals surface area (Å²) in [4.78, 5) is 11.7. The molecule has 0 saturated carbocycles. The highest BCUT2D eigenvalue weighted by atomic mass is 32.2. The first-order valence-corrected chi connectivity index (χ1v) is 8.92. The molecule has 0 radical (unpaired) electrons. The molecule has 0 fully saturated rings. The normalized spacial score (nSPS) is 11.0. The molecule has 0 aliphatic heterocycles. The lowest BCUT2D eigenvalue weighted by molar-refractivity contribution is 0.252. The van der Waals surface area contributed by atoms with Crippen LogP contribution in [0, 0.1) is 0 Å². The van der Waals surface area contributed by atoms with Crippen LogP contribution in [0.15, 0.2) is 59.5 Å². The molecule has 0 bridgehead atoms. The predicted molar refractivity (Wildman–Crippen MR) is 93.0 cm³/mol. The standard InChI is InChI=1S/C16H20N4O3S/c17-24(22,23)15-8-4-7-14(11-15)20-16(21)19-10-9-18-12-13-5-2-1-3-6-13/h1-8,11,18H,9-10,12H2,(H2,17,22,23)(H2,19,20,21). The van der Waals surface area contributed by atoms with Crippen molar-refractivity contribution in [3.8, 4) is 0 Å². The Morgan fingerprint density at radius 3 is 2.46 bits per heavy atom. The summed E-state index contributed by atoms with van der Waals surface area (Å²) in [5.74, 6) is 0. The zero-order chi connectivity index (χ0) is 17.4. The SMILES string of the molecule is NS(=O)(=O)c1cccc(NC(=O)NCCNCc2ccccc2)c1. The van der Waals surface area contributed by atoms with Crippen LogP contribution in [-0.2, 0) is 16.6 Å². The van der Waals surface area contributed by atoms with E-state index in [0.29, 0.717) is 18.8 Å². The highest BCUT2D eigenvalue weighted by molar-refractivity contribution is 7.89. The van der Waals surface area contributed by atoms with Crippen molar-refractivity contribution in [2.75, 3.05) is 18.4 Å². The van der Waals surface area contributed by atoms with Crippen LogP contribution >= 0.6 is 0 Å². The van der Waals surface area contributed by atoms with E-state index in [1.54, 1.807) is 6.07 Å². The van der Waals surface area contributed by atoms with Crippen molar-refractivity contribution in [1.29, 1.82) is 0 Å². The number of hydrogen-bond donors (Lipinski definition) is 4. The number of nitrogens with two attached hydrogens (primary N) is 1. The first kappa shape index (κ1) is 17.9. The Bertz CT molecular complexity index is 779. The van der Waals surface area contributed by atoms with Gasteiger partial charge in [-0.1, -0.05) is 36.4 Å². The van der Waals surface area contributed by atoms with Gasteiger partial charge < -0.3 is 16.0 Å². The maximum Gasteiger partial charge on any atom is 0.319 e. The van der Waals surface area contributed by atoms with Gasteiger partial charge in [0.25, 0.3) is 0 Å². The predicted octanol–water partition coefficient (Wildman–Crippen LogP) is 1.25. The van der Waals surface area contributed by atoms with Gasteiger partial charge in [0.1, 0.15) is 0 Å². The molecule has 5 N–H and O–H groups in total. The maximum absolute atomic E-state index is 11.8. The summed E-state index contributed by atoms with van der Waals surface area (Å²) >= 11 is 0. The number of benzene rings is 2. The van der Waals surface area contributed by atoms with E-state index in [9.17, 15) is 13.2 Å². The molecule has 8 heteroatoms. The second-order valence-corrected chi connectivity index (χ2v) is 6.68. The molecular formula is C16H20N4O3S. The van der Waals surface area contributed by atoms with Crippen molar-refractivity contribution in [3.63, 3.8) is 0 Å². The molecule has 0 aromatic heterocycles. The average Bonchev–Trinajstić information content (AvgIpc) is 2.55. The molecule has 7 nitrogen and oxygen atoms in total. The van der Waals surface area contributed by atoms with Gasteiger partial charge in [-0.3, -0.25) is 0 Å². The number of carbonyl (C=O) groups excluding carboxylic acids is 1. The van der Waals surface area contributed by atoms with Gasteiger partial charge in [-0.05, 0) is 23.8 Å². The van der Waals surface area contributed by atoms with Crippen molar-refractivity contribution in [1.82, 2.24) is 10.6 Å². The van der Waals surface area contributed by atoms with Crippen LogP contribution in [0.3, 0.4) is 0 Å². The third kappa shape index (κ3) is 5.99. The monoisotopic (exact) mass is 348 g/mol. The number of rotatable bonds is 7. The number of urea groups is 1. The topological polar surface area (TPSA) is 113 Å². The molecule has 0 saturated heterocycles. The molecule has 0 aliphatic rings. The summed E-state index contributed by atoms with van der Waals surface area (Å²) in [6.07, 6.45) is 0. The number of nitrogens with one attached hydrogen (secondary N) is 3. The van der Waals surface area contributed by atoms with Crippen LogP contribution in [0.4, 0.5) is 10.5 Å². The fourth-order valence-corrected chi connectivity index (χ4v) is 2.58. The van der Waals surface area contributed by atoms with Crippen molar-refractivity contribution < 1.29 is 13.2 Å². The zero-order valence-electron chi connectivity index (χ0n) is 13.0. The van der Waals surface area contributed by atoms with Gasteiger partial charge in [0.15, 0.2) is 0 Å². The van der Waals surface area contributed by atoms with Crippen LogP contribution in [-0.4, -0.2) is 27.5 Å². The van der Waals surface area contributed by atoms with Gasteiger partial charge >= 0.3 is 6.03 Å². The third-order valence-electron chi connectivity index (χ3n) is 3.18. The van der Waals surface area contributed by atoms with Crippen LogP contribution < -0.4 is 21.1 Å². The van der Waals surface area contributed by atoms with Gasteiger partial charge in [0.2, 0.25) is 10.0 Å². The van der Waals surface area contributed by atoms with E-state index in [0.717, 1.165) is 6.54 Å². The van der Waals surface area contributed by atoms with Gasteiger partial charge in [0.05, 0.1) is 4.90 Å². The highest BCUT2D eigenvalue weighted by Crippen LogP contribution is 2.13. The minimum Gasteiger partial charge on any atom is -0.337 e. The second-order valence-electron chi connectivity index (χ2n) is 5.12. The van der Waals surface area contributed by atoms with E-state index in [-0.39, 0.29) is 4.90 Å². The molecule has 0 atom stereocenters. The van der Waals surface area contributed by atoms with E-state index >= 15 is 0 Å². The van der Waals surface area contributed by atoms with Gasteiger partial charge in [-0.15, -0.1) is 0 Å². The van der Waals surface area contributed by atoms with E-state index in [4.69, 9.17) is 5.14 Å². The lowest BCUT2D eigenvalue weighted by Gasteiger charge is -2.09. The Hall–Kier alpha value is -2.42. The van der Waals surface area contributed by atoms with Crippen LogP contribution in [0.25, 0.3) is 0 Å². The summed E-state index contributed by atoms with van der Waals surface area (Å²) in [6.45, 7) is 1.77. The number of anilines is 1. The van der Waals surface area contributed by atoms with E-state index in [1.807, 2.05) is 30.3 Å². The van der Waals surface area contributed by atoms with Crippen molar-refractivity contribution in [3.05, 3.63) is 60.2 Å². The number of sulfonamides is 1. The van der Waals surface area contributed by atoms with Crippen LogP contribution in [0.5, 0.6) is 0 Å². The average molecular weight is 348 g/mol. The quantitative estimate of drug-likeness (QED) is 0.564. The van der Waals surface area contributed by atoms with Crippen LogP contribution in [0.1, 0.15) is 5.56 Å². The van der Waals surface area contributed by atoms with Crippen molar-refractivity contribution >= 4 is 21.7 Å². The molecule has 0 unspecified atom stereocenters. The molecule has 128 valence electrons. The third-order valence-corrected chi connectivity index (χ3v) is 4.09. The van der Waals surface area contributed by atoms with E-state index < -0.39 is 16.1 Å². The molecule has 24 heavy (non-hydrogen) atoms. The summed E-state index contributed by atoms with van der Waals surface area (Å²) in [7, 11) is -3.79. The van der Waals surface area contributed by atoms with Gasteiger partial charge in [0, 0.05) is 25.3 Å². The minimum atomic E-state index is -3.79. The summed E-state index contributed by atoms with van der Waals surface area (Å²) in [5.41, 5.74) is 1.53. The molecule has 2 rings (SSSR count). The Morgan fingerprint density at radius 2 is 1.75 bits per heavy atom. The minimum absolute atomic E-state index is 0.0511. The Morgan fingerprint density at radius 1 is 1.00 bits per heavy atom. The fraction of sp³-hybridized carbons (Fsp3) is 0.188. The summed E-state index contributed by atoms with van der Waals surface area (Å²) in [5, 5.41) is 13.5. The molecule has 0 heterocycles. The molecular weight excluding hydrogens is 328 g/mol. The van der Waals surface area contributed by atoms with Crippen LogP contribution in [0.2, 0.25) is 0 Å². The number of amides is 2. The first-order chi connectivity index (χ1) is 11.4. The number of hydrogen-bond acceptors (Lipinski definition) is 4. The smallest absolute Gasteiger partial charge is 0.319 e. The van der Waals surface area contributed by atoms with Crippen molar-refractivity contribution in [2.24, 2.45) is 5.14 Å². The lowest BCUT2D eigenvalue weighted by atomic mass is 10.2. The number of primary sulfonamides is 1. The summed E-state index contributed by atoms with van der Waals surface area (Å²) < 4.78 is 22.5. The Kier molecular flexibility index (Phi) is 6.30. The van der Waals surface area contributed by atoms with Gasteiger partial charge in [-0.2, -0.15) is 0 Å². The second kappa shape index (κ2) is 8.44. The molecule has 2 aromatic carbocycles. The Labute approximate surface area is 141 Å². The lowest BCUT2D eigenvalue weighted by Crippen LogP contribution is -2.34. The molecule has 0 spiro atoms. The van der Waals surface area contributed by atoms with E-state index in [1.165, 1.54) is 23.8 Å². The van der Waals surface area contributed by atoms with Crippen molar-refractivity contribution in [2.45, 2.75) is 11.4 Å². The largest absolute Gasteiger partial charge is 0.337 e. The molecule has 2 amide bonds. The van der Waals surface area contributed by atoms with Gasteiger partial charge in [-0.25, -0.2) is 18.4 Å². The number of carbonyl (C=O) groups is 1. The maximum atomic E-state index is 11.8.